The standard InChI is InChI=1S/C38H45ClN4O7S2/c1-7-20-16-38(20,37(46)43-52(47,48)21-8-9-21)42-35(45)25-14-29(23-11-10-22(18(2)3)34(44)31(23)25)50-30-15-26(36-41-27(17-51-36)19(4)5)40-33-24(30)12-13-28(49-6)32(33)39/h7,12-13,15,17-23,25,29,31H,1,8-11,14,16H2,2-6H3,(H,42,45)(H,43,46)/t20-,22-,23-,25-,29?,31?,38-/m1/s1. The first-order chi connectivity index (χ1) is 24.7. The number of carbonyl (C=O) groups is 3. The van der Waals surface area contributed by atoms with Crippen molar-refractivity contribution in [2.45, 2.75) is 89.0 Å². The first kappa shape index (κ1) is 36.8. The summed E-state index contributed by atoms with van der Waals surface area (Å²) >= 11 is 8.31. The van der Waals surface area contributed by atoms with E-state index in [2.05, 4.69) is 30.5 Å². The van der Waals surface area contributed by atoms with Crippen LogP contribution in [0, 0.1) is 35.5 Å². The molecule has 2 N–H and O–H groups in total. The molecule has 7 rings (SSSR count). The normalized spacial score (nSPS) is 28.5. The number of Topliss-reactive ketones (excluding diaryl/α,β-unsaturated/α-hetero) is 1. The highest BCUT2D eigenvalue weighted by atomic mass is 35.5. The van der Waals surface area contributed by atoms with Crippen LogP contribution in [0.4, 0.5) is 0 Å². The molecular formula is C38H45ClN4O7S2. The lowest BCUT2D eigenvalue weighted by atomic mass is 9.68. The fourth-order valence-corrected chi connectivity index (χ4v) is 10.7. The van der Waals surface area contributed by atoms with Gasteiger partial charge >= 0.3 is 0 Å². The van der Waals surface area contributed by atoms with Gasteiger partial charge in [-0.1, -0.05) is 45.4 Å². The maximum Gasteiger partial charge on any atom is 0.259 e. The molecule has 2 heterocycles. The first-order valence-electron chi connectivity index (χ1n) is 18.0. The van der Waals surface area contributed by atoms with Crippen molar-refractivity contribution in [3.8, 4) is 22.2 Å². The van der Waals surface area contributed by atoms with Gasteiger partial charge in [0.25, 0.3) is 5.91 Å². The summed E-state index contributed by atoms with van der Waals surface area (Å²) in [7, 11) is -2.30. The molecule has 4 saturated carbocycles. The highest BCUT2D eigenvalue weighted by molar-refractivity contribution is 7.91. The van der Waals surface area contributed by atoms with Gasteiger partial charge in [0.1, 0.15) is 44.6 Å². The van der Waals surface area contributed by atoms with Crippen LogP contribution in [0.3, 0.4) is 0 Å². The number of sulfonamides is 1. The number of pyridine rings is 1. The zero-order chi connectivity index (χ0) is 37.3. The minimum Gasteiger partial charge on any atom is -0.495 e. The van der Waals surface area contributed by atoms with Crippen LogP contribution in [0.2, 0.25) is 5.02 Å². The van der Waals surface area contributed by atoms with Gasteiger partial charge in [-0.2, -0.15) is 0 Å². The van der Waals surface area contributed by atoms with E-state index in [0.29, 0.717) is 63.8 Å². The van der Waals surface area contributed by atoms with Crippen molar-refractivity contribution in [1.29, 1.82) is 0 Å². The Morgan fingerprint density at radius 3 is 2.48 bits per heavy atom. The number of ketones is 1. The van der Waals surface area contributed by atoms with Crippen molar-refractivity contribution in [3.05, 3.63) is 47.0 Å². The minimum atomic E-state index is -3.84. The second-order valence-corrected chi connectivity index (χ2v) is 18.6. The van der Waals surface area contributed by atoms with E-state index in [1.807, 2.05) is 31.4 Å². The third-order valence-electron chi connectivity index (χ3n) is 11.4. The SMILES string of the molecule is C=C[C@@H]1C[C@]1(NC(=O)[C@@H]1CC(Oc2cc(-c3nc(C(C)C)cs3)nc3c(Cl)c(OC)ccc23)[C@H]2CC[C@H](C(C)C)C(=O)C21)C(=O)NS(=O)(=O)C1CC1. The van der Waals surface area contributed by atoms with Gasteiger partial charge in [-0.15, -0.1) is 17.9 Å². The Kier molecular flexibility index (Phi) is 9.69. The van der Waals surface area contributed by atoms with E-state index < -0.39 is 56.5 Å². The van der Waals surface area contributed by atoms with Gasteiger partial charge in [-0.3, -0.25) is 19.1 Å². The maximum absolute atomic E-state index is 14.3. The molecule has 4 fully saturated rings. The zero-order valence-corrected chi connectivity index (χ0v) is 32.4. The number of fused-ring (bicyclic) bond motifs is 2. The first-order valence-corrected chi connectivity index (χ1v) is 20.8. The molecule has 1 aromatic carbocycles. The summed E-state index contributed by atoms with van der Waals surface area (Å²) in [6, 6.07) is 5.44. The summed E-state index contributed by atoms with van der Waals surface area (Å²) in [4.78, 5) is 51.8. The van der Waals surface area contributed by atoms with Crippen molar-refractivity contribution >= 4 is 61.5 Å². The lowest BCUT2D eigenvalue weighted by Gasteiger charge is -2.36. The Balaban J connectivity index is 1.23. The molecular weight excluding hydrogens is 724 g/mol. The molecule has 0 spiro atoms. The molecule has 278 valence electrons. The average molecular weight is 769 g/mol. The summed E-state index contributed by atoms with van der Waals surface area (Å²) < 4.78 is 40.0. The number of benzene rings is 1. The maximum atomic E-state index is 14.3. The number of halogens is 1. The van der Waals surface area contributed by atoms with E-state index in [1.54, 1.807) is 12.1 Å². The van der Waals surface area contributed by atoms with Crippen molar-refractivity contribution in [2.24, 2.45) is 35.5 Å². The number of hydrogen-bond acceptors (Lipinski definition) is 10. The Hall–Kier alpha value is -3.55. The van der Waals surface area contributed by atoms with Crippen molar-refractivity contribution in [2.75, 3.05) is 7.11 Å². The number of amides is 2. The third kappa shape index (κ3) is 6.51. The molecule has 2 aromatic heterocycles. The predicted molar refractivity (Wildman–Crippen MR) is 200 cm³/mol. The second-order valence-electron chi connectivity index (χ2n) is 15.4. The molecule has 2 amide bonds. The van der Waals surface area contributed by atoms with E-state index in [-0.39, 0.29) is 42.3 Å². The molecule has 0 aliphatic heterocycles. The van der Waals surface area contributed by atoms with E-state index >= 15 is 0 Å². The van der Waals surface area contributed by atoms with Crippen LogP contribution < -0.4 is 19.5 Å². The number of hydrogen-bond donors (Lipinski definition) is 2. The summed E-state index contributed by atoms with van der Waals surface area (Å²) in [5.41, 5.74) is 0.562. The molecule has 2 unspecified atom stereocenters. The van der Waals surface area contributed by atoms with Crippen molar-refractivity contribution in [1.82, 2.24) is 20.0 Å². The van der Waals surface area contributed by atoms with Gasteiger partial charge in [-0.05, 0) is 62.5 Å². The largest absolute Gasteiger partial charge is 0.495 e. The number of thiazole rings is 1. The molecule has 7 atom stereocenters. The van der Waals surface area contributed by atoms with E-state index in [0.717, 1.165) is 5.69 Å². The van der Waals surface area contributed by atoms with Crippen LogP contribution in [0.1, 0.15) is 77.8 Å². The number of aromatic nitrogens is 2. The van der Waals surface area contributed by atoms with E-state index in [4.69, 9.17) is 31.0 Å². The van der Waals surface area contributed by atoms with Crippen LogP contribution >= 0.6 is 22.9 Å². The van der Waals surface area contributed by atoms with Crippen LogP contribution in [-0.4, -0.2) is 60.0 Å². The number of ether oxygens (including phenoxy) is 2. The molecule has 0 radical (unpaired) electrons. The van der Waals surface area contributed by atoms with Gasteiger partial charge in [0.15, 0.2) is 0 Å². The number of nitrogens with zero attached hydrogens (tertiary/aromatic N) is 2. The quantitative estimate of drug-likeness (QED) is 0.198. The lowest BCUT2D eigenvalue weighted by Crippen LogP contribution is -2.54. The number of rotatable bonds is 12. The molecule has 52 heavy (non-hydrogen) atoms. The Morgan fingerprint density at radius 1 is 1.12 bits per heavy atom. The van der Waals surface area contributed by atoms with Crippen molar-refractivity contribution < 1.29 is 32.3 Å². The Morgan fingerprint density at radius 2 is 1.87 bits per heavy atom. The topological polar surface area (TPSA) is 154 Å². The van der Waals surface area contributed by atoms with Gasteiger partial charge in [0.05, 0.1) is 29.5 Å². The van der Waals surface area contributed by atoms with E-state index in [1.165, 1.54) is 18.4 Å². The molecule has 4 aliphatic rings. The smallest absolute Gasteiger partial charge is 0.259 e. The third-order valence-corrected chi connectivity index (χ3v) is 14.5. The van der Waals surface area contributed by atoms with Crippen LogP contribution in [0.25, 0.3) is 21.6 Å². The molecule has 0 saturated heterocycles. The van der Waals surface area contributed by atoms with Gasteiger partial charge < -0.3 is 14.8 Å². The lowest BCUT2D eigenvalue weighted by molar-refractivity contribution is -0.140. The Bertz CT molecular complexity index is 2060. The number of carbonyl (C=O) groups excluding carboxylic acids is 3. The summed E-state index contributed by atoms with van der Waals surface area (Å²) in [5.74, 6) is -2.24. The van der Waals surface area contributed by atoms with Gasteiger partial charge in [-0.25, -0.2) is 18.4 Å². The monoisotopic (exact) mass is 768 g/mol. The summed E-state index contributed by atoms with van der Waals surface area (Å²) in [5, 5.41) is 6.02. The van der Waals surface area contributed by atoms with Crippen LogP contribution in [0.5, 0.6) is 11.5 Å². The highest BCUT2D eigenvalue weighted by Gasteiger charge is 2.63. The fraction of sp³-hybridized carbons (Fsp3) is 0.553. The number of nitrogens with one attached hydrogen (secondary N) is 2. The highest BCUT2D eigenvalue weighted by Crippen LogP contribution is 2.51. The van der Waals surface area contributed by atoms with Gasteiger partial charge in [0, 0.05) is 40.5 Å². The predicted octanol–water partition coefficient (Wildman–Crippen LogP) is 6.45. The molecule has 3 aromatic rings. The Labute approximate surface area is 313 Å². The fourth-order valence-electron chi connectivity index (χ4n) is 8.14. The molecule has 0 bridgehead atoms. The molecule has 4 aliphatic carbocycles. The summed E-state index contributed by atoms with van der Waals surface area (Å²) in [6.07, 6.45) is 3.85. The summed E-state index contributed by atoms with van der Waals surface area (Å²) in [6.45, 7) is 12.0. The van der Waals surface area contributed by atoms with Gasteiger partial charge in [0.2, 0.25) is 15.9 Å². The van der Waals surface area contributed by atoms with E-state index in [9.17, 15) is 22.8 Å². The molecule has 14 heteroatoms. The van der Waals surface area contributed by atoms with Crippen LogP contribution in [0.15, 0.2) is 36.2 Å². The number of methoxy groups -OCH3 is 1. The second kappa shape index (κ2) is 13.7. The van der Waals surface area contributed by atoms with Crippen molar-refractivity contribution in [3.63, 3.8) is 0 Å². The minimum absolute atomic E-state index is 0.0282. The van der Waals surface area contributed by atoms with Crippen LogP contribution in [-0.2, 0) is 24.4 Å². The average Bonchev–Trinajstić information content (AvgIpc) is 3.99. The zero-order valence-electron chi connectivity index (χ0n) is 30.0. The molecule has 11 nitrogen and oxygen atoms in total.